The molecule has 6 heteroatoms. The van der Waals surface area contributed by atoms with Crippen LogP contribution in [0.2, 0.25) is 0 Å². The van der Waals surface area contributed by atoms with E-state index in [1.54, 1.807) is 0 Å². The summed E-state index contributed by atoms with van der Waals surface area (Å²) in [7, 11) is 0. The maximum absolute atomic E-state index is 12.6. The smallest absolute Gasteiger partial charge is 0.325 e. The number of anilines is 1. The summed E-state index contributed by atoms with van der Waals surface area (Å²) in [4.78, 5) is 38.2. The van der Waals surface area contributed by atoms with E-state index in [0.29, 0.717) is 12.3 Å². The van der Waals surface area contributed by atoms with Crippen molar-refractivity contribution in [2.45, 2.75) is 63.8 Å². The van der Waals surface area contributed by atoms with E-state index in [9.17, 15) is 14.4 Å². The van der Waals surface area contributed by atoms with E-state index in [2.05, 4.69) is 24.5 Å². The second kappa shape index (κ2) is 7.48. The predicted molar refractivity (Wildman–Crippen MR) is 99.8 cm³/mol. The molecule has 0 atom stereocenters. The number of nitrogens with one attached hydrogen (secondary N) is 2. The van der Waals surface area contributed by atoms with Gasteiger partial charge in [0.2, 0.25) is 5.91 Å². The van der Waals surface area contributed by atoms with Crippen molar-refractivity contribution in [3.05, 3.63) is 29.8 Å². The van der Waals surface area contributed by atoms with Gasteiger partial charge in [-0.05, 0) is 36.8 Å². The fourth-order valence-electron chi connectivity index (χ4n) is 3.92. The lowest BCUT2D eigenvalue weighted by atomic mass is 9.98. The lowest BCUT2D eigenvalue weighted by Crippen LogP contribution is -2.44. The van der Waals surface area contributed by atoms with Gasteiger partial charge < -0.3 is 10.6 Å². The number of amides is 4. The molecule has 2 N–H and O–H groups in total. The van der Waals surface area contributed by atoms with Gasteiger partial charge in [0.05, 0.1) is 0 Å². The molecular weight excluding hydrogens is 330 g/mol. The molecule has 2 aliphatic rings. The van der Waals surface area contributed by atoms with Crippen LogP contribution in [0.4, 0.5) is 10.5 Å². The van der Waals surface area contributed by atoms with E-state index in [4.69, 9.17) is 0 Å². The van der Waals surface area contributed by atoms with Gasteiger partial charge in [-0.15, -0.1) is 0 Å². The van der Waals surface area contributed by atoms with Crippen molar-refractivity contribution in [1.29, 1.82) is 0 Å². The Balaban J connectivity index is 1.52. The number of benzene rings is 1. The minimum Gasteiger partial charge on any atom is -0.326 e. The molecule has 1 saturated heterocycles. The van der Waals surface area contributed by atoms with Gasteiger partial charge in [0.1, 0.15) is 5.54 Å². The first-order chi connectivity index (χ1) is 12.4. The molecule has 0 bridgehead atoms. The average Bonchev–Trinajstić information content (AvgIpc) is 3.16. The summed E-state index contributed by atoms with van der Waals surface area (Å²) in [5.41, 5.74) is 1.25. The Kier molecular flexibility index (Phi) is 5.30. The quantitative estimate of drug-likeness (QED) is 0.766. The molecule has 1 aromatic carbocycles. The van der Waals surface area contributed by atoms with Crippen molar-refractivity contribution < 1.29 is 14.4 Å². The summed E-state index contributed by atoms with van der Waals surface area (Å²) < 4.78 is 0. The topological polar surface area (TPSA) is 78.5 Å². The van der Waals surface area contributed by atoms with Crippen LogP contribution >= 0.6 is 0 Å². The van der Waals surface area contributed by atoms with E-state index >= 15 is 0 Å². The van der Waals surface area contributed by atoms with Crippen molar-refractivity contribution in [2.24, 2.45) is 0 Å². The highest BCUT2D eigenvalue weighted by molar-refractivity contribution is 6.07. The first-order valence-electron chi connectivity index (χ1n) is 9.46. The predicted octanol–water partition coefficient (Wildman–Crippen LogP) is 3.39. The number of rotatable bonds is 6. The van der Waals surface area contributed by atoms with E-state index in [1.807, 2.05) is 24.3 Å². The molecule has 1 aliphatic carbocycles. The van der Waals surface area contributed by atoms with Crippen molar-refractivity contribution >= 4 is 23.5 Å². The van der Waals surface area contributed by atoms with E-state index in [0.717, 1.165) is 36.9 Å². The second-order valence-electron chi connectivity index (χ2n) is 7.57. The third kappa shape index (κ3) is 3.59. The number of carbonyl (C=O) groups excluding carboxylic acids is 3. The summed E-state index contributed by atoms with van der Waals surface area (Å²) >= 11 is 0. The molecule has 140 valence electrons. The van der Waals surface area contributed by atoms with Gasteiger partial charge in [-0.1, -0.05) is 44.9 Å². The monoisotopic (exact) mass is 357 g/mol. The van der Waals surface area contributed by atoms with Gasteiger partial charge in [0.25, 0.3) is 5.91 Å². The Hall–Kier alpha value is -2.37. The fourth-order valence-corrected chi connectivity index (χ4v) is 3.92. The molecular formula is C20H27N3O3. The van der Waals surface area contributed by atoms with Gasteiger partial charge in [-0.3, -0.25) is 14.5 Å². The van der Waals surface area contributed by atoms with Gasteiger partial charge >= 0.3 is 6.03 Å². The van der Waals surface area contributed by atoms with Crippen LogP contribution in [0.1, 0.15) is 63.9 Å². The zero-order chi connectivity index (χ0) is 18.7. The number of para-hydroxylation sites is 1. The molecule has 1 saturated carbocycles. The first kappa shape index (κ1) is 18.4. The molecule has 1 heterocycles. The third-order valence-corrected chi connectivity index (χ3v) is 5.35. The molecule has 2 fully saturated rings. The maximum Gasteiger partial charge on any atom is 0.325 e. The number of imide groups is 1. The highest BCUT2D eigenvalue weighted by Crippen LogP contribution is 2.35. The SMILES string of the molecule is CC(C)c1ccccc1NC(=O)CCCN1C(=O)NC2(CCCC2)C1=O. The van der Waals surface area contributed by atoms with Crippen LogP contribution < -0.4 is 10.6 Å². The zero-order valence-electron chi connectivity index (χ0n) is 15.5. The number of carbonyl (C=O) groups is 3. The van der Waals surface area contributed by atoms with E-state index < -0.39 is 5.54 Å². The Morgan fingerprint density at radius 1 is 1.23 bits per heavy atom. The van der Waals surface area contributed by atoms with Crippen LogP contribution in [0.3, 0.4) is 0 Å². The van der Waals surface area contributed by atoms with Gasteiger partial charge in [0, 0.05) is 18.7 Å². The first-order valence-corrected chi connectivity index (χ1v) is 9.46. The maximum atomic E-state index is 12.6. The third-order valence-electron chi connectivity index (χ3n) is 5.35. The highest BCUT2D eigenvalue weighted by Gasteiger charge is 2.51. The number of hydrogen-bond acceptors (Lipinski definition) is 3. The van der Waals surface area contributed by atoms with Gasteiger partial charge in [0.15, 0.2) is 0 Å². The van der Waals surface area contributed by atoms with E-state index in [-0.39, 0.29) is 30.8 Å². The molecule has 1 aromatic rings. The van der Waals surface area contributed by atoms with E-state index in [1.165, 1.54) is 4.90 Å². The Labute approximate surface area is 154 Å². The van der Waals surface area contributed by atoms with Crippen LogP contribution in [0, 0.1) is 0 Å². The molecule has 1 aliphatic heterocycles. The second-order valence-corrected chi connectivity index (χ2v) is 7.57. The summed E-state index contributed by atoms with van der Waals surface area (Å²) in [6.45, 7) is 4.45. The molecule has 26 heavy (non-hydrogen) atoms. The summed E-state index contributed by atoms with van der Waals surface area (Å²) in [6.07, 6.45) is 4.12. The lowest BCUT2D eigenvalue weighted by Gasteiger charge is -2.20. The molecule has 1 spiro atoms. The van der Waals surface area contributed by atoms with Gasteiger partial charge in [-0.2, -0.15) is 0 Å². The summed E-state index contributed by atoms with van der Waals surface area (Å²) in [6, 6.07) is 7.45. The largest absolute Gasteiger partial charge is 0.326 e. The Bertz CT molecular complexity index is 708. The standard InChI is InChI=1S/C20H27N3O3/c1-14(2)15-8-3-4-9-16(15)21-17(24)10-7-13-23-18(25)20(22-19(23)26)11-5-6-12-20/h3-4,8-9,14H,5-7,10-13H2,1-2H3,(H,21,24)(H,22,26). The molecule has 0 radical (unpaired) electrons. The van der Waals surface area contributed by atoms with Crippen LogP contribution in [-0.4, -0.2) is 34.8 Å². The molecule has 3 rings (SSSR count). The minimum absolute atomic E-state index is 0.0965. The number of nitrogens with zero attached hydrogens (tertiary/aromatic N) is 1. The fraction of sp³-hybridized carbons (Fsp3) is 0.550. The number of hydrogen-bond donors (Lipinski definition) is 2. The van der Waals surface area contributed by atoms with Crippen LogP contribution in [-0.2, 0) is 9.59 Å². The normalized spacial score (nSPS) is 18.7. The van der Waals surface area contributed by atoms with Crippen molar-refractivity contribution in [3.8, 4) is 0 Å². The molecule has 6 nitrogen and oxygen atoms in total. The average molecular weight is 357 g/mol. The van der Waals surface area contributed by atoms with Crippen molar-refractivity contribution in [2.75, 3.05) is 11.9 Å². The molecule has 0 unspecified atom stereocenters. The van der Waals surface area contributed by atoms with Crippen LogP contribution in [0.25, 0.3) is 0 Å². The van der Waals surface area contributed by atoms with Gasteiger partial charge in [-0.25, -0.2) is 4.79 Å². The number of urea groups is 1. The Morgan fingerprint density at radius 3 is 2.62 bits per heavy atom. The zero-order valence-corrected chi connectivity index (χ0v) is 15.5. The van der Waals surface area contributed by atoms with Crippen LogP contribution in [0.5, 0.6) is 0 Å². The summed E-state index contributed by atoms with van der Waals surface area (Å²) in [5.74, 6) is 0.103. The minimum atomic E-state index is -0.671. The lowest BCUT2D eigenvalue weighted by molar-refractivity contribution is -0.131. The highest BCUT2D eigenvalue weighted by atomic mass is 16.2. The van der Waals surface area contributed by atoms with Crippen LogP contribution in [0.15, 0.2) is 24.3 Å². The van der Waals surface area contributed by atoms with Crippen molar-refractivity contribution in [3.63, 3.8) is 0 Å². The summed E-state index contributed by atoms with van der Waals surface area (Å²) in [5, 5.41) is 5.81. The Morgan fingerprint density at radius 2 is 1.92 bits per heavy atom. The molecule has 0 aromatic heterocycles. The molecule has 4 amide bonds. The van der Waals surface area contributed by atoms with Crippen molar-refractivity contribution in [1.82, 2.24) is 10.2 Å².